The van der Waals surface area contributed by atoms with E-state index in [4.69, 9.17) is 0 Å². The number of amides is 1. The average molecular weight is 199 g/mol. The minimum Gasteiger partial charge on any atom is -0.351 e. The van der Waals surface area contributed by atoms with Crippen LogP contribution in [0.1, 0.15) is 30.3 Å². The summed E-state index contributed by atoms with van der Waals surface area (Å²) in [5.41, 5.74) is 0.228. The Balaban J connectivity index is 2.40. The van der Waals surface area contributed by atoms with E-state index in [2.05, 4.69) is 10.3 Å². The standard InChI is InChI=1S/C8H11N2O2S/c1-2-3-4-9-7(11)6-5-13-8(12)10-6/h5H,2-4H2,1H3,(H,9,11). The van der Waals surface area contributed by atoms with Crippen LogP contribution in [0.15, 0.2) is 5.38 Å². The molecule has 0 bridgehead atoms. The monoisotopic (exact) mass is 199 g/mol. The van der Waals surface area contributed by atoms with Crippen molar-refractivity contribution in [3.05, 3.63) is 11.1 Å². The smallest absolute Gasteiger partial charge is 0.327 e. The normalized spacial score (nSPS) is 9.92. The van der Waals surface area contributed by atoms with E-state index in [0.29, 0.717) is 6.54 Å². The quantitative estimate of drug-likeness (QED) is 0.752. The van der Waals surface area contributed by atoms with Gasteiger partial charge in [0.2, 0.25) is 0 Å². The summed E-state index contributed by atoms with van der Waals surface area (Å²) in [6, 6.07) is 0. The highest BCUT2D eigenvalue weighted by Gasteiger charge is 2.09. The van der Waals surface area contributed by atoms with Crippen LogP contribution in [0.5, 0.6) is 5.19 Å². The van der Waals surface area contributed by atoms with E-state index in [1.54, 1.807) is 0 Å². The number of aromatic nitrogens is 1. The average Bonchev–Trinajstić information content (AvgIpc) is 2.52. The molecular weight excluding hydrogens is 188 g/mol. The molecule has 0 aromatic carbocycles. The number of nitrogens with one attached hydrogen (secondary N) is 1. The number of carbonyl (C=O) groups is 1. The van der Waals surface area contributed by atoms with Crippen LogP contribution in [0, 0.1) is 0 Å². The van der Waals surface area contributed by atoms with Crippen LogP contribution in [0.2, 0.25) is 0 Å². The molecule has 0 spiro atoms. The molecule has 1 amide bonds. The Labute approximate surface area is 80.6 Å². The van der Waals surface area contributed by atoms with Crippen molar-refractivity contribution in [2.75, 3.05) is 6.54 Å². The Bertz CT molecular complexity index is 285. The number of thiazole rings is 1. The zero-order valence-corrected chi connectivity index (χ0v) is 8.19. The summed E-state index contributed by atoms with van der Waals surface area (Å²) in [5.74, 6) is -0.258. The number of unbranched alkanes of at least 4 members (excludes halogenated alkanes) is 1. The highest BCUT2D eigenvalue weighted by molar-refractivity contribution is 7.11. The molecular formula is C8H11N2O2S. The fourth-order valence-electron chi connectivity index (χ4n) is 0.831. The van der Waals surface area contributed by atoms with Crippen molar-refractivity contribution in [1.82, 2.24) is 10.3 Å². The van der Waals surface area contributed by atoms with Crippen LogP contribution in [0.4, 0.5) is 0 Å². The topological polar surface area (TPSA) is 61.9 Å². The van der Waals surface area contributed by atoms with Crippen molar-refractivity contribution in [2.24, 2.45) is 0 Å². The minimum absolute atomic E-state index is 0.228. The van der Waals surface area contributed by atoms with Gasteiger partial charge in [0.15, 0.2) is 0 Å². The van der Waals surface area contributed by atoms with Gasteiger partial charge in [0.25, 0.3) is 5.91 Å². The summed E-state index contributed by atoms with van der Waals surface area (Å²) < 4.78 is 0. The third-order valence-electron chi connectivity index (χ3n) is 1.53. The molecule has 71 valence electrons. The van der Waals surface area contributed by atoms with Crippen molar-refractivity contribution < 1.29 is 9.90 Å². The lowest BCUT2D eigenvalue weighted by Crippen LogP contribution is -2.24. The molecule has 1 aromatic rings. The molecule has 1 heterocycles. The lowest BCUT2D eigenvalue weighted by Gasteiger charge is -1.99. The molecule has 4 nitrogen and oxygen atoms in total. The molecule has 0 atom stereocenters. The number of nitrogens with zero attached hydrogens (tertiary/aromatic N) is 1. The highest BCUT2D eigenvalue weighted by atomic mass is 32.1. The predicted octanol–water partition coefficient (Wildman–Crippen LogP) is 1.82. The van der Waals surface area contributed by atoms with E-state index in [-0.39, 0.29) is 16.8 Å². The van der Waals surface area contributed by atoms with Crippen LogP contribution in [0.3, 0.4) is 0 Å². The summed E-state index contributed by atoms with van der Waals surface area (Å²) in [7, 11) is 0. The first-order valence-electron chi connectivity index (χ1n) is 4.14. The van der Waals surface area contributed by atoms with E-state index in [0.717, 1.165) is 24.2 Å². The second kappa shape index (κ2) is 4.81. The number of carbonyl (C=O) groups excluding carboxylic acids is 1. The summed E-state index contributed by atoms with van der Waals surface area (Å²) in [5, 5.41) is 14.5. The van der Waals surface area contributed by atoms with Gasteiger partial charge in [0.1, 0.15) is 5.69 Å². The highest BCUT2D eigenvalue weighted by Crippen LogP contribution is 2.15. The van der Waals surface area contributed by atoms with E-state index < -0.39 is 0 Å². The molecule has 13 heavy (non-hydrogen) atoms. The molecule has 0 aliphatic heterocycles. The maximum absolute atomic E-state index is 11.2. The summed E-state index contributed by atoms with van der Waals surface area (Å²) in [6.45, 7) is 2.69. The van der Waals surface area contributed by atoms with Crippen LogP contribution in [0.25, 0.3) is 0 Å². The van der Waals surface area contributed by atoms with Crippen molar-refractivity contribution in [3.8, 4) is 5.19 Å². The summed E-state index contributed by atoms with van der Waals surface area (Å²) in [4.78, 5) is 14.8. The third kappa shape index (κ3) is 3.02. The Kier molecular flexibility index (Phi) is 3.70. The fourth-order valence-corrected chi connectivity index (χ4v) is 1.35. The van der Waals surface area contributed by atoms with Gasteiger partial charge in [0, 0.05) is 11.9 Å². The van der Waals surface area contributed by atoms with Crippen molar-refractivity contribution in [2.45, 2.75) is 19.8 Å². The largest absolute Gasteiger partial charge is 0.351 e. The first-order chi connectivity index (χ1) is 6.24. The zero-order valence-electron chi connectivity index (χ0n) is 7.37. The van der Waals surface area contributed by atoms with Crippen molar-refractivity contribution >= 4 is 17.2 Å². The Morgan fingerprint density at radius 2 is 2.46 bits per heavy atom. The molecule has 0 aliphatic rings. The predicted molar refractivity (Wildman–Crippen MR) is 49.5 cm³/mol. The third-order valence-corrected chi connectivity index (χ3v) is 2.17. The summed E-state index contributed by atoms with van der Waals surface area (Å²) >= 11 is 0.944. The maximum Gasteiger partial charge on any atom is 0.327 e. The summed E-state index contributed by atoms with van der Waals surface area (Å²) in [6.07, 6.45) is 1.98. The molecule has 0 unspecified atom stereocenters. The van der Waals surface area contributed by atoms with E-state index in [9.17, 15) is 9.90 Å². The van der Waals surface area contributed by atoms with Gasteiger partial charge in [-0.3, -0.25) is 9.90 Å². The molecule has 1 rings (SSSR count). The van der Waals surface area contributed by atoms with Gasteiger partial charge in [-0.05, 0) is 6.42 Å². The molecule has 0 saturated heterocycles. The van der Waals surface area contributed by atoms with Gasteiger partial charge in [-0.1, -0.05) is 24.7 Å². The zero-order chi connectivity index (χ0) is 9.68. The molecule has 0 saturated carbocycles. The first kappa shape index (κ1) is 9.98. The Hall–Kier alpha value is -1.10. The molecule has 1 radical (unpaired) electrons. The van der Waals surface area contributed by atoms with Crippen LogP contribution < -0.4 is 5.32 Å². The fraction of sp³-hybridized carbons (Fsp3) is 0.500. The van der Waals surface area contributed by atoms with Gasteiger partial charge in [-0.15, -0.1) is 0 Å². The SMILES string of the molecule is CCCCNC(=O)c1csc([O])n1. The number of rotatable bonds is 4. The minimum atomic E-state index is -0.319. The van der Waals surface area contributed by atoms with Gasteiger partial charge in [-0.2, -0.15) is 4.98 Å². The van der Waals surface area contributed by atoms with Gasteiger partial charge < -0.3 is 5.32 Å². The lowest BCUT2D eigenvalue weighted by molar-refractivity contribution is 0.0948. The van der Waals surface area contributed by atoms with Gasteiger partial charge in [-0.25, -0.2) is 0 Å². The van der Waals surface area contributed by atoms with E-state index in [1.807, 2.05) is 6.92 Å². The van der Waals surface area contributed by atoms with Crippen LogP contribution in [-0.4, -0.2) is 17.4 Å². The van der Waals surface area contributed by atoms with Gasteiger partial charge >= 0.3 is 5.19 Å². The second-order valence-electron chi connectivity index (χ2n) is 2.61. The number of hydrogen-bond donors (Lipinski definition) is 1. The van der Waals surface area contributed by atoms with E-state index in [1.165, 1.54) is 5.38 Å². The van der Waals surface area contributed by atoms with Crippen LogP contribution in [-0.2, 0) is 5.11 Å². The molecule has 1 aromatic heterocycles. The Morgan fingerprint density at radius 3 is 3.00 bits per heavy atom. The molecule has 0 fully saturated rings. The maximum atomic E-state index is 11.2. The molecule has 5 heteroatoms. The van der Waals surface area contributed by atoms with Crippen LogP contribution >= 0.6 is 11.3 Å². The molecule has 1 N–H and O–H groups in total. The first-order valence-corrected chi connectivity index (χ1v) is 5.02. The van der Waals surface area contributed by atoms with Crippen molar-refractivity contribution in [3.63, 3.8) is 0 Å². The van der Waals surface area contributed by atoms with Crippen molar-refractivity contribution in [1.29, 1.82) is 0 Å². The van der Waals surface area contributed by atoms with Gasteiger partial charge in [0.05, 0.1) is 0 Å². The molecule has 0 aliphatic carbocycles. The lowest BCUT2D eigenvalue weighted by atomic mass is 10.3. The van der Waals surface area contributed by atoms with E-state index >= 15 is 0 Å². The second-order valence-corrected chi connectivity index (χ2v) is 3.43. The Morgan fingerprint density at radius 1 is 1.69 bits per heavy atom. The number of hydrogen-bond acceptors (Lipinski definition) is 3.